The molecule has 0 aliphatic heterocycles. The van der Waals surface area contributed by atoms with Crippen molar-refractivity contribution >= 4 is 11.6 Å². The standard InChI is InChI=1S/C13H17N3O/c1-10-6-2-3-7-11(10)15-16-13(17)12-8-4-5-9-14-12/h4-5,8-10H,2-3,6-7H2,1H3,(H,16,17)/b15-11-/t10-/m0/s1. The Morgan fingerprint density at radius 3 is 3.06 bits per heavy atom. The van der Waals surface area contributed by atoms with Crippen LogP contribution in [0.15, 0.2) is 29.5 Å². The van der Waals surface area contributed by atoms with Crippen molar-refractivity contribution in [1.29, 1.82) is 0 Å². The Labute approximate surface area is 101 Å². The summed E-state index contributed by atoms with van der Waals surface area (Å²) in [6.45, 7) is 2.16. The first-order valence-corrected chi connectivity index (χ1v) is 6.05. The maximum absolute atomic E-state index is 11.7. The first-order chi connectivity index (χ1) is 8.27. The van der Waals surface area contributed by atoms with Crippen LogP contribution < -0.4 is 5.43 Å². The molecule has 4 heteroatoms. The van der Waals surface area contributed by atoms with Crippen LogP contribution in [-0.2, 0) is 0 Å². The minimum atomic E-state index is -0.240. The van der Waals surface area contributed by atoms with Gasteiger partial charge in [0.25, 0.3) is 5.91 Å². The van der Waals surface area contributed by atoms with Gasteiger partial charge in [0.2, 0.25) is 0 Å². The number of rotatable bonds is 2. The summed E-state index contributed by atoms with van der Waals surface area (Å²) in [5.74, 6) is 0.239. The Balaban J connectivity index is 1.97. The second-order valence-corrected chi connectivity index (χ2v) is 4.41. The molecule has 0 radical (unpaired) electrons. The molecule has 1 atom stereocenters. The largest absolute Gasteiger partial charge is 0.289 e. The molecule has 1 amide bonds. The van der Waals surface area contributed by atoms with Gasteiger partial charge in [-0.1, -0.05) is 19.4 Å². The van der Waals surface area contributed by atoms with Crippen LogP contribution in [-0.4, -0.2) is 16.6 Å². The Bertz CT molecular complexity index is 414. The highest BCUT2D eigenvalue weighted by Gasteiger charge is 2.16. The lowest BCUT2D eigenvalue weighted by Gasteiger charge is -2.19. The fourth-order valence-electron chi connectivity index (χ4n) is 2.01. The zero-order valence-corrected chi connectivity index (χ0v) is 10.0. The molecule has 1 fully saturated rings. The molecule has 1 aromatic rings. The van der Waals surface area contributed by atoms with E-state index in [0.717, 1.165) is 18.6 Å². The zero-order chi connectivity index (χ0) is 12.1. The van der Waals surface area contributed by atoms with Crippen LogP contribution >= 0.6 is 0 Å². The van der Waals surface area contributed by atoms with Crippen molar-refractivity contribution in [2.75, 3.05) is 0 Å². The first-order valence-electron chi connectivity index (χ1n) is 6.05. The molecule has 0 spiro atoms. The van der Waals surface area contributed by atoms with Gasteiger partial charge in [0, 0.05) is 11.9 Å². The van der Waals surface area contributed by atoms with E-state index in [1.807, 2.05) is 0 Å². The van der Waals surface area contributed by atoms with Crippen LogP contribution in [0.1, 0.15) is 43.1 Å². The predicted molar refractivity (Wildman–Crippen MR) is 66.8 cm³/mol. The summed E-state index contributed by atoms with van der Waals surface area (Å²) < 4.78 is 0. The summed E-state index contributed by atoms with van der Waals surface area (Å²) in [4.78, 5) is 15.7. The molecule has 1 aliphatic rings. The highest BCUT2D eigenvalue weighted by Crippen LogP contribution is 2.20. The van der Waals surface area contributed by atoms with Gasteiger partial charge in [-0.05, 0) is 37.3 Å². The second kappa shape index (κ2) is 5.57. The average Bonchev–Trinajstić information content (AvgIpc) is 2.38. The predicted octanol–water partition coefficient (Wildman–Crippen LogP) is 2.38. The molecule has 1 aromatic heterocycles. The summed E-state index contributed by atoms with van der Waals surface area (Å²) in [7, 11) is 0. The van der Waals surface area contributed by atoms with Crippen molar-refractivity contribution in [3.63, 3.8) is 0 Å². The number of nitrogens with zero attached hydrogens (tertiary/aromatic N) is 2. The summed E-state index contributed by atoms with van der Waals surface area (Å²) in [6, 6.07) is 5.25. The van der Waals surface area contributed by atoms with Crippen LogP contribution in [0.3, 0.4) is 0 Å². The maximum Gasteiger partial charge on any atom is 0.289 e. The molecule has 0 bridgehead atoms. The number of carbonyl (C=O) groups excluding carboxylic acids is 1. The van der Waals surface area contributed by atoms with Crippen molar-refractivity contribution < 1.29 is 4.79 Å². The fourth-order valence-corrected chi connectivity index (χ4v) is 2.01. The lowest BCUT2D eigenvalue weighted by Crippen LogP contribution is -2.24. The number of hydrazone groups is 1. The van der Waals surface area contributed by atoms with E-state index >= 15 is 0 Å². The molecule has 0 aromatic carbocycles. The van der Waals surface area contributed by atoms with Gasteiger partial charge in [0.1, 0.15) is 5.69 Å². The first kappa shape index (κ1) is 11.8. The summed E-state index contributed by atoms with van der Waals surface area (Å²) in [6.07, 6.45) is 6.18. The third-order valence-corrected chi connectivity index (χ3v) is 3.09. The van der Waals surface area contributed by atoms with Crippen LogP contribution in [0, 0.1) is 5.92 Å². The highest BCUT2D eigenvalue weighted by molar-refractivity contribution is 5.94. The van der Waals surface area contributed by atoms with Gasteiger partial charge in [0.15, 0.2) is 0 Å². The summed E-state index contributed by atoms with van der Waals surface area (Å²) >= 11 is 0. The smallest absolute Gasteiger partial charge is 0.266 e. The molecular formula is C13H17N3O. The van der Waals surface area contributed by atoms with Gasteiger partial charge in [-0.25, -0.2) is 5.43 Å². The molecule has 4 nitrogen and oxygen atoms in total. The van der Waals surface area contributed by atoms with Crippen molar-refractivity contribution in [3.8, 4) is 0 Å². The van der Waals surface area contributed by atoms with E-state index < -0.39 is 0 Å². The Morgan fingerprint density at radius 2 is 2.35 bits per heavy atom. The fraction of sp³-hybridized carbons (Fsp3) is 0.462. The summed E-state index contributed by atoms with van der Waals surface area (Å²) in [5.41, 5.74) is 4.09. The molecule has 0 unspecified atom stereocenters. The average molecular weight is 231 g/mol. The second-order valence-electron chi connectivity index (χ2n) is 4.41. The van der Waals surface area contributed by atoms with Gasteiger partial charge in [-0.3, -0.25) is 9.78 Å². The number of amides is 1. The number of carbonyl (C=O) groups is 1. The molecule has 1 aliphatic carbocycles. The van der Waals surface area contributed by atoms with Crippen LogP contribution in [0.25, 0.3) is 0 Å². The van der Waals surface area contributed by atoms with E-state index in [1.165, 1.54) is 12.8 Å². The third-order valence-electron chi connectivity index (χ3n) is 3.09. The van der Waals surface area contributed by atoms with Crippen molar-refractivity contribution in [1.82, 2.24) is 10.4 Å². The molecule has 1 heterocycles. The molecular weight excluding hydrogens is 214 g/mol. The van der Waals surface area contributed by atoms with Crippen LogP contribution in [0.4, 0.5) is 0 Å². The van der Waals surface area contributed by atoms with Crippen LogP contribution in [0.2, 0.25) is 0 Å². The number of hydrogen-bond acceptors (Lipinski definition) is 3. The third kappa shape index (κ3) is 3.12. The number of pyridine rings is 1. The molecule has 1 N–H and O–H groups in total. The molecule has 0 saturated heterocycles. The van der Waals surface area contributed by atoms with E-state index in [4.69, 9.17) is 0 Å². The molecule has 1 saturated carbocycles. The Morgan fingerprint density at radius 1 is 1.47 bits per heavy atom. The van der Waals surface area contributed by atoms with Gasteiger partial charge >= 0.3 is 0 Å². The van der Waals surface area contributed by atoms with E-state index in [1.54, 1.807) is 24.4 Å². The van der Waals surface area contributed by atoms with Crippen molar-refractivity contribution in [3.05, 3.63) is 30.1 Å². The lowest BCUT2D eigenvalue weighted by molar-refractivity contribution is 0.0949. The normalized spacial score (nSPS) is 22.4. The monoisotopic (exact) mass is 231 g/mol. The van der Waals surface area contributed by atoms with Gasteiger partial charge in [-0.15, -0.1) is 0 Å². The van der Waals surface area contributed by atoms with Gasteiger partial charge in [-0.2, -0.15) is 5.10 Å². The zero-order valence-electron chi connectivity index (χ0n) is 10.0. The van der Waals surface area contributed by atoms with E-state index in [9.17, 15) is 4.79 Å². The number of aromatic nitrogens is 1. The van der Waals surface area contributed by atoms with Crippen molar-refractivity contribution in [2.24, 2.45) is 11.0 Å². The van der Waals surface area contributed by atoms with E-state index in [2.05, 4.69) is 22.4 Å². The van der Waals surface area contributed by atoms with Gasteiger partial charge < -0.3 is 0 Å². The SMILES string of the molecule is C[C@H]1CCCC/C1=N/NC(=O)c1ccccn1. The lowest BCUT2D eigenvalue weighted by atomic mass is 9.89. The number of hydrogen-bond donors (Lipinski definition) is 1. The quantitative estimate of drug-likeness (QED) is 0.794. The highest BCUT2D eigenvalue weighted by atomic mass is 16.2. The Kier molecular flexibility index (Phi) is 3.85. The maximum atomic E-state index is 11.7. The van der Waals surface area contributed by atoms with Crippen molar-refractivity contribution in [2.45, 2.75) is 32.6 Å². The molecule has 90 valence electrons. The Hall–Kier alpha value is -1.71. The van der Waals surface area contributed by atoms with Gasteiger partial charge in [0.05, 0.1) is 0 Å². The summed E-state index contributed by atoms with van der Waals surface area (Å²) in [5, 5.41) is 4.22. The minimum absolute atomic E-state index is 0.240. The molecule has 2 rings (SSSR count). The van der Waals surface area contributed by atoms with E-state index in [0.29, 0.717) is 11.6 Å². The van der Waals surface area contributed by atoms with E-state index in [-0.39, 0.29) is 5.91 Å². The minimum Gasteiger partial charge on any atom is -0.266 e. The topological polar surface area (TPSA) is 54.4 Å². The number of nitrogens with one attached hydrogen (secondary N) is 1. The van der Waals surface area contributed by atoms with Crippen LogP contribution in [0.5, 0.6) is 0 Å². The molecule has 17 heavy (non-hydrogen) atoms.